The van der Waals surface area contributed by atoms with Gasteiger partial charge in [-0.15, -0.1) is 0 Å². The summed E-state index contributed by atoms with van der Waals surface area (Å²) >= 11 is 2.51. The minimum Gasteiger partial charge on any atom is -0.0813 e. The van der Waals surface area contributed by atoms with Crippen LogP contribution in [0.15, 0.2) is 33.0 Å². The number of rotatable bonds is 0. The first-order valence-electron chi connectivity index (χ1n) is 6.73. The van der Waals surface area contributed by atoms with Crippen molar-refractivity contribution in [3.63, 3.8) is 0 Å². The molecule has 0 aromatic rings. The maximum Gasteiger partial charge on any atom is -0.00879 e. The van der Waals surface area contributed by atoms with Crippen molar-refractivity contribution in [3.8, 4) is 0 Å². The number of hydrogen-bond acceptors (Lipinski definition) is 0. The highest BCUT2D eigenvalue weighted by Gasteiger charge is 2.51. The van der Waals surface area contributed by atoms with E-state index in [4.69, 9.17) is 0 Å². The number of fused-ring (bicyclic) bond motifs is 3. The lowest BCUT2D eigenvalue weighted by molar-refractivity contribution is 0.202. The highest BCUT2D eigenvalue weighted by Crippen LogP contribution is 2.60. The second-order valence-corrected chi connectivity index (χ2v) is 7.93. The van der Waals surface area contributed by atoms with Crippen LogP contribution in [0, 0.1) is 23.2 Å². The first-order chi connectivity index (χ1) is 8.00. The van der Waals surface area contributed by atoms with Crippen LogP contribution in [0.3, 0.4) is 0 Å². The van der Waals surface area contributed by atoms with Crippen LogP contribution in [0.2, 0.25) is 0 Å². The molecule has 3 atom stereocenters. The third kappa shape index (κ3) is 1.76. The molecule has 0 aliphatic heterocycles. The summed E-state index contributed by atoms with van der Waals surface area (Å²) in [7, 11) is 0. The normalized spacial score (nSPS) is 38.8. The molecule has 1 heteroatoms. The fourth-order valence-corrected chi connectivity index (χ4v) is 4.79. The second-order valence-electron chi connectivity index (χ2n) is 6.54. The van der Waals surface area contributed by atoms with Gasteiger partial charge in [0.1, 0.15) is 0 Å². The van der Waals surface area contributed by atoms with Gasteiger partial charge in [-0.2, -0.15) is 0 Å². The third-order valence-electron chi connectivity index (χ3n) is 5.19. The van der Waals surface area contributed by atoms with Gasteiger partial charge in [-0.1, -0.05) is 43.2 Å². The van der Waals surface area contributed by atoms with Crippen LogP contribution in [-0.4, -0.2) is 0 Å². The van der Waals surface area contributed by atoms with E-state index in [0.29, 0.717) is 5.41 Å². The van der Waals surface area contributed by atoms with Crippen LogP contribution in [0.4, 0.5) is 0 Å². The van der Waals surface area contributed by atoms with E-state index >= 15 is 0 Å². The van der Waals surface area contributed by atoms with Crippen LogP contribution in [0.25, 0.3) is 0 Å². The molecule has 0 aromatic heterocycles. The van der Waals surface area contributed by atoms with Crippen molar-refractivity contribution >= 4 is 22.6 Å². The van der Waals surface area contributed by atoms with Crippen LogP contribution in [0.1, 0.15) is 40.0 Å². The van der Waals surface area contributed by atoms with Crippen molar-refractivity contribution in [2.75, 3.05) is 0 Å². The predicted molar refractivity (Wildman–Crippen MR) is 82.0 cm³/mol. The fourth-order valence-electron chi connectivity index (χ4n) is 4.17. The highest BCUT2D eigenvalue weighted by molar-refractivity contribution is 14.1. The van der Waals surface area contributed by atoms with Crippen molar-refractivity contribution in [2.24, 2.45) is 23.2 Å². The Morgan fingerprint density at radius 3 is 2.82 bits per heavy atom. The summed E-state index contributed by atoms with van der Waals surface area (Å²) in [5.74, 6) is 2.40. The van der Waals surface area contributed by atoms with E-state index in [1.54, 1.807) is 11.1 Å². The molecule has 0 radical (unpaired) electrons. The smallest absolute Gasteiger partial charge is 0.00879 e. The molecule has 0 saturated heterocycles. The van der Waals surface area contributed by atoms with Gasteiger partial charge in [0.2, 0.25) is 0 Å². The Morgan fingerprint density at radius 2 is 2.06 bits per heavy atom. The van der Waals surface area contributed by atoms with Crippen molar-refractivity contribution in [2.45, 2.75) is 40.0 Å². The Bertz CT molecular complexity index is 436. The van der Waals surface area contributed by atoms with Crippen LogP contribution in [0.5, 0.6) is 0 Å². The van der Waals surface area contributed by atoms with E-state index < -0.39 is 0 Å². The zero-order valence-electron chi connectivity index (χ0n) is 11.0. The zero-order valence-corrected chi connectivity index (χ0v) is 13.1. The predicted octanol–water partition coefficient (Wildman–Crippen LogP) is 5.26. The van der Waals surface area contributed by atoms with Gasteiger partial charge < -0.3 is 0 Å². The van der Waals surface area contributed by atoms with Crippen LogP contribution < -0.4 is 0 Å². The molecular formula is C16H21I. The monoisotopic (exact) mass is 340 g/mol. The Kier molecular flexibility index (Phi) is 2.81. The molecule has 0 aromatic carbocycles. The van der Waals surface area contributed by atoms with E-state index in [1.165, 1.54) is 22.8 Å². The Morgan fingerprint density at radius 1 is 1.29 bits per heavy atom. The fraction of sp³-hybridized carbons (Fsp3) is 0.625. The molecular weight excluding hydrogens is 319 g/mol. The van der Waals surface area contributed by atoms with E-state index in [0.717, 1.165) is 17.8 Å². The standard InChI is InChI=1S/C16H21I/c1-10-4-6-12-13-7-5-11(17)9-15(13)16(2,3)14(12)8-10/h5,7-8,12,14-15H,4,6,9H2,1-3H3. The first kappa shape index (κ1) is 12.0. The molecule has 0 bridgehead atoms. The summed E-state index contributed by atoms with van der Waals surface area (Å²) in [6.07, 6.45) is 11.3. The molecule has 0 spiro atoms. The second kappa shape index (κ2) is 3.97. The molecule has 0 nitrogen and oxygen atoms in total. The Hall–Kier alpha value is -0.0500. The number of halogens is 1. The van der Waals surface area contributed by atoms with Crippen molar-refractivity contribution in [1.82, 2.24) is 0 Å². The van der Waals surface area contributed by atoms with Crippen LogP contribution >= 0.6 is 22.6 Å². The minimum atomic E-state index is 0.447. The molecule has 92 valence electrons. The Balaban J connectivity index is 2.05. The maximum absolute atomic E-state index is 2.58. The van der Waals surface area contributed by atoms with Crippen LogP contribution in [-0.2, 0) is 0 Å². The summed E-state index contributed by atoms with van der Waals surface area (Å²) < 4.78 is 1.53. The summed E-state index contributed by atoms with van der Waals surface area (Å²) in [4.78, 5) is 0. The average molecular weight is 340 g/mol. The molecule has 1 saturated carbocycles. The summed E-state index contributed by atoms with van der Waals surface area (Å²) in [5, 5.41) is 0. The molecule has 0 N–H and O–H groups in total. The van der Waals surface area contributed by atoms with Gasteiger partial charge in [0.25, 0.3) is 0 Å². The molecule has 0 amide bonds. The van der Waals surface area contributed by atoms with Gasteiger partial charge in [-0.05, 0) is 75.5 Å². The van der Waals surface area contributed by atoms with E-state index in [-0.39, 0.29) is 0 Å². The lowest BCUT2D eigenvalue weighted by Crippen LogP contribution is -2.27. The molecule has 3 unspecified atom stereocenters. The van der Waals surface area contributed by atoms with Gasteiger partial charge in [0.15, 0.2) is 0 Å². The van der Waals surface area contributed by atoms with Gasteiger partial charge >= 0.3 is 0 Å². The van der Waals surface area contributed by atoms with Gasteiger partial charge in [-0.25, -0.2) is 0 Å². The summed E-state index contributed by atoms with van der Waals surface area (Å²) in [6.45, 7) is 7.28. The Labute approximate surface area is 118 Å². The quantitative estimate of drug-likeness (QED) is 0.417. The molecule has 17 heavy (non-hydrogen) atoms. The van der Waals surface area contributed by atoms with Crippen molar-refractivity contribution < 1.29 is 0 Å². The average Bonchev–Trinajstić information content (AvgIpc) is 2.49. The summed E-state index contributed by atoms with van der Waals surface area (Å²) in [6, 6.07) is 0. The van der Waals surface area contributed by atoms with E-state index in [2.05, 4.69) is 61.6 Å². The zero-order chi connectivity index (χ0) is 12.2. The maximum atomic E-state index is 2.58. The number of hydrogen-bond donors (Lipinski definition) is 0. The third-order valence-corrected chi connectivity index (χ3v) is 5.99. The lowest BCUT2D eigenvalue weighted by Gasteiger charge is -2.34. The lowest BCUT2D eigenvalue weighted by atomic mass is 9.70. The summed E-state index contributed by atoms with van der Waals surface area (Å²) in [5.41, 5.74) is 3.81. The van der Waals surface area contributed by atoms with Crippen molar-refractivity contribution in [1.29, 1.82) is 0 Å². The topological polar surface area (TPSA) is 0 Å². The first-order valence-corrected chi connectivity index (χ1v) is 7.81. The van der Waals surface area contributed by atoms with Gasteiger partial charge in [-0.3, -0.25) is 0 Å². The van der Waals surface area contributed by atoms with E-state index in [1.807, 2.05) is 0 Å². The SMILES string of the molecule is CC1=CC2C(CC1)C1=CC=C(I)CC1C2(C)C. The molecule has 1 fully saturated rings. The largest absolute Gasteiger partial charge is 0.0813 e. The molecule has 3 rings (SSSR count). The number of allylic oxidation sites excluding steroid dienone is 6. The van der Waals surface area contributed by atoms with Gasteiger partial charge in [0.05, 0.1) is 0 Å². The van der Waals surface area contributed by atoms with Gasteiger partial charge in [0, 0.05) is 0 Å². The molecule has 0 heterocycles. The minimum absolute atomic E-state index is 0.447. The molecule has 3 aliphatic carbocycles. The molecule has 3 aliphatic rings. The van der Waals surface area contributed by atoms with E-state index in [9.17, 15) is 0 Å². The van der Waals surface area contributed by atoms with Crippen molar-refractivity contribution in [3.05, 3.63) is 33.0 Å². The highest BCUT2D eigenvalue weighted by atomic mass is 127.